The van der Waals surface area contributed by atoms with Crippen molar-refractivity contribution >= 4 is 5.91 Å². The Kier molecular flexibility index (Phi) is 5.02. The van der Waals surface area contributed by atoms with Crippen molar-refractivity contribution in [3.8, 4) is 0 Å². The first-order valence-electron chi connectivity index (χ1n) is 7.96. The van der Waals surface area contributed by atoms with E-state index in [1.165, 1.54) is 0 Å². The Morgan fingerprint density at radius 3 is 2.73 bits per heavy atom. The van der Waals surface area contributed by atoms with Gasteiger partial charge in [-0.2, -0.15) is 0 Å². The molecular formula is C16H23N3O3. The molecule has 0 aromatic carbocycles. The van der Waals surface area contributed by atoms with Gasteiger partial charge in [-0.3, -0.25) is 14.7 Å². The lowest BCUT2D eigenvalue weighted by Crippen LogP contribution is -2.58. The molecule has 6 heteroatoms. The molecule has 0 unspecified atom stereocenters. The molecule has 2 heterocycles. The summed E-state index contributed by atoms with van der Waals surface area (Å²) in [5, 5.41) is 13.6. The zero-order valence-corrected chi connectivity index (χ0v) is 12.6. The van der Waals surface area contributed by atoms with Crippen LogP contribution in [0.1, 0.15) is 29.6 Å². The number of hydrogen-bond donors (Lipinski definition) is 2. The molecule has 120 valence electrons. The minimum atomic E-state index is -0.530. The maximum atomic E-state index is 12.3. The van der Waals surface area contributed by atoms with E-state index in [9.17, 15) is 9.90 Å². The number of nitrogens with zero attached hydrogens (tertiary/aromatic N) is 2. The zero-order valence-electron chi connectivity index (χ0n) is 12.6. The molecule has 6 nitrogen and oxygen atoms in total. The van der Waals surface area contributed by atoms with E-state index in [4.69, 9.17) is 4.74 Å². The van der Waals surface area contributed by atoms with Crippen LogP contribution in [0.3, 0.4) is 0 Å². The van der Waals surface area contributed by atoms with Gasteiger partial charge in [0, 0.05) is 37.1 Å². The Morgan fingerprint density at radius 2 is 2.00 bits per heavy atom. The fourth-order valence-corrected chi connectivity index (χ4v) is 3.38. The highest BCUT2D eigenvalue weighted by Gasteiger charge is 2.36. The first kappa shape index (κ1) is 15.4. The van der Waals surface area contributed by atoms with Crippen LogP contribution in [0.4, 0.5) is 0 Å². The number of morpholine rings is 1. The van der Waals surface area contributed by atoms with Crippen molar-refractivity contribution in [2.24, 2.45) is 0 Å². The molecule has 2 N–H and O–H groups in total. The summed E-state index contributed by atoms with van der Waals surface area (Å²) in [6.07, 6.45) is 5.48. The summed E-state index contributed by atoms with van der Waals surface area (Å²) in [7, 11) is 0. The number of carbonyl (C=O) groups excluding carboxylic acids is 1. The minimum Gasteiger partial charge on any atom is -0.389 e. The third-order valence-corrected chi connectivity index (χ3v) is 4.60. The SMILES string of the molecule is O=C(N[C@@H]1CCC[C@@H](N2CCOCC2)[C@@H]1O)c1ccncc1. The zero-order chi connectivity index (χ0) is 15.4. The van der Waals surface area contributed by atoms with E-state index < -0.39 is 6.10 Å². The van der Waals surface area contributed by atoms with Gasteiger partial charge in [-0.15, -0.1) is 0 Å². The summed E-state index contributed by atoms with van der Waals surface area (Å²) in [5.74, 6) is -0.144. The van der Waals surface area contributed by atoms with Crippen LogP contribution in [0.5, 0.6) is 0 Å². The van der Waals surface area contributed by atoms with Gasteiger partial charge < -0.3 is 15.2 Å². The molecule has 1 aliphatic heterocycles. The average molecular weight is 305 g/mol. The summed E-state index contributed by atoms with van der Waals surface area (Å²) in [6, 6.07) is 3.29. The van der Waals surface area contributed by atoms with Crippen LogP contribution in [0, 0.1) is 0 Å². The van der Waals surface area contributed by atoms with Crippen molar-refractivity contribution in [1.82, 2.24) is 15.2 Å². The van der Waals surface area contributed by atoms with E-state index in [0.717, 1.165) is 45.6 Å². The first-order chi connectivity index (χ1) is 10.8. The number of nitrogens with one attached hydrogen (secondary N) is 1. The lowest BCUT2D eigenvalue weighted by atomic mass is 9.86. The second kappa shape index (κ2) is 7.17. The summed E-state index contributed by atoms with van der Waals surface area (Å²) in [6.45, 7) is 3.15. The van der Waals surface area contributed by atoms with Crippen LogP contribution in [-0.2, 0) is 4.74 Å². The third kappa shape index (κ3) is 3.45. The topological polar surface area (TPSA) is 74.7 Å². The quantitative estimate of drug-likeness (QED) is 0.847. The number of aliphatic hydroxyl groups excluding tert-OH is 1. The molecule has 2 fully saturated rings. The molecule has 0 spiro atoms. The number of pyridine rings is 1. The summed E-state index contributed by atoms with van der Waals surface area (Å²) < 4.78 is 5.38. The summed E-state index contributed by atoms with van der Waals surface area (Å²) in [5.41, 5.74) is 0.579. The van der Waals surface area contributed by atoms with Crippen molar-refractivity contribution in [1.29, 1.82) is 0 Å². The number of hydrogen-bond acceptors (Lipinski definition) is 5. The van der Waals surface area contributed by atoms with Crippen LogP contribution in [-0.4, -0.2) is 65.4 Å². The number of aromatic nitrogens is 1. The standard InChI is InChI=1S/C16H23N3O3/c20-15-13(18-16(21)12-4-6-17-7-5-12)2-1-3-14(15)19-8-10-22-11-9-19/h4-7,13-15,20H,1-3,8-11H2,(H,18,21)/t13-,14-,15-/m1/s1. The minimum absolute atomic E-state index is 0.111. The van der Waals surface area contributed by atoms with Gasteiger partial charge >= 0.3 is 0 Å². The van der Waals surface area contributed by atoms with E-state index in [2.05, 4.69) is 15.2 Å². The molecule has 2 aliphatic rings. The molecular weight excluding hydrogens is 282 g/mol. The number of aliphatic hydroxyl groups is 1. The Morgan fingerprint density at radius 1 is 1.27 bits per heavy atom. The van der Waals surface area contributed by atoms with E-state index in [0.29, 0.717) is 5.56 Å². The van der Waals surface area contributed by atoms with E-state index >= 15 is 0 Å². The lowest BCUT2D eigenvalue weighted by Gasteiger charge is -2.43. The smallest absolute Gasteiger partial charge is 0.251 e. The lowest BCUT2D eigenvalue weighted by molar-refractivity contribution is -0.0459. The van der Waals surface area contributed by atoms with Gasteiger partial charge in [0.05, 0.1) is 25.4 Å². The van der Waals surface area contributed by atoms with Crippen LogP contribution in [0.25, 0.3) is 0 Å². The molecule has 3 atom stereocenters. The van der Waals surface area contributed by atoms with Gasteiger partial charge in [0.15, 0.2) is 0 Å². The van der Waals surface area contributed by atoms with Gasteiger partial charge in [0.25, 0.3) is 5.91 Å². The molecule has 22 heavy (non-hydrogen) atoms. The second-order valence-corrected chi connectivity index (χ2v) is 5.95. The molecule has 0 bridgehead atoms. The fraction of sp³-hybridized carbons (Fsp3) is 0.625. The van der Waals surface area contributed by atoms with Gasteiger partial charge in [-0.05, 0) is 31.4 Å². The van der Waals surface area contributed by atoms with Crippen LogP contribution >= 0.6 is 0 Å². The third-order valence-electron chi connectivity index (χ3n) is 4.60. The molecule has 1 saturated carbocycles. The first-order valence-corrected chi connectivity index (χ1v) is 7.96. The largest absolute Gasteiger partial charge is 0.389 e. The van der Waals surface area contributed by atoms with Crippen LogP contribution < -0.4 is 5.32 Å². The monoisotopic (exact) mass is 305 g/mol. The predicted octanol–water partition coefficient (Wildman–Crippen LogP) is 0.426. The van der Waals surface area contributed by atoms with Crippen LogP contribution in [0.2, 0.25) is 0 Å². The highest BCUT2D eigenvalue weighted by Crippen LogP contribution is 2.24. The van der Waals surface area contributed by atoms with Gasteiger partial charge in [0.1, 0.15) is 0 Å². The Labute approximate surface area is 130 Å². The predicted molar refractivity (Wildman–Crippen MR) is 81.5 cm³/mol. The second-order valence-electron chi connectivity index (χ2n) is 5.95. The van der Waals surface area contributed by atoms with E-state index in [1.54, 1.807) is 24.5 Å². The molecule has 1 aromatic rings. The maximum Gasteiger partial charge on any atom is 0.251 e. The Balaban J connectivity index is 1.62. The highest BCUT2D eigenvalue weighted by molar-refractivity contribution is 5.94. The normalized spacial score (nSPS) is 30.0. The van der Waals surface area contributed by atoms with Crippen LogP contribution in [0.15, 0.2) is 24.5 Å². The van der Waals surface area contributed by atoms with Crippen molar-refractivity contribution in [2.45, 2.75) is 37.5 Å². The highest BCUT2D eigenvalue weighted by atomic mass is 16.5. The molecule has 1 amide bonds. The molecule has 1 saturated heterocycles. The van der Waals surface area contributed by atoms with Gasteiger partial charge in [-0.25, -0.2) is 0 Å². The maximum absolute atomic E-state index is 12.3. The molecule has 1 aromatic heterocycles. The van der Waals surface area contributed by atoms with Crippen molar-refractivity contribution in [3.05, 3.63) is 30.1 Å². The Bertz CT molecular complexity index is 491. The number of ether oxygens (including phenoxy) is 1. The fourth-order valence-electron chi connectivity index (χ4n) is 3.38. The van der Waals surface area contributed by atoms with Gasteiger partial charge in [-0.1, -0.05) is 0 Å². The molecule has 1 aliphatic carbocycles. The number of amides is 1. The average Bonchev–Trinajstić information content (AvgIpc) is 2.58. The van der Waals surface area contributed by atoms with Crippen molar-refractivity contribution < 1.29 is 14.6 Å². The van der Waals surface area contributed by atoms with E-state index in [-0.39, 0.29) is 18.0 Å². The van der Waals surface area contributed by atoms with Crippen molar-refractivity contribution in [2.75, 3.05) is 26.3 Å². The number of rotatable bonds is 3. The van der Waals surface area contributed by atoms with Crippen molar-refractivity contribution in [3.63, 3.8) is 0 Å². The molecule has 0 radical (unpaired) electrons. The number of carbonyl (C=O) groups is 1. The summed E-state index contributed by atoms with van der Waals surface area (Å²) in [4.78, 5) is 18.5. The van der Waals surface area contributed by atoms with E-state index in [1.807, 2.05) is 0 Å². The summed E-state index contributed by atoms with van der Waals surface area (Å²) >= 11 is 0. The molecule has 3 rings (SSSR count). The van der Waals surface area contributed by atoms with Gasteiger partial charge in [0.2, 0.25) is 0 Å². The Hall–Kier alpha value is -1.50.